The summed E-state index contributed by atoms with van der Waals surface area (Å²) in [7, 11) is 0. The van der Waals surface area contributed by atoms with Gasteiger partial charge in [-0.15, -0.1) is 23.2 Å². The van der Waals surface area contributed by atoms with Crippen molar-refractivity contribution in [2.75, 3.05) is 6.54 Å². The molecule has 5 amide bonds. The van der Waals surface area contributed by atoms with E-state index >= 15 is 0 Å². The molecule has 10 nitrogen and oxygen atoms in total. The molecule has 1 aliphatic heterocycles. The maximum atomic E-state index is 13.8. The van der Waals surface area contributed by atoms with Crippen LogP contribution in [0, 0.1) is 23.2 Å². The molecule has 12 heteroatoms. The highest BCUT2D eigenvalue weighted by Crippen LogP contribution is 2.65. The van der Waals surface area contributed by atoms with Gasteiger partial charge in [-0.25, -0.2) is 4.79 Å². The van der Waals surface area contributed by atoms with Gasteiger partial charge in [0.1, 0.15) is 16.4 Å². The smallest absolute Gasteiger partial charge is 0.315 e. The molecule has 1 saturated heterocycles. The van der Waals surface area contributed by atoms with Crippen molar-refractivity contribution >= 4 is 52.7 Å². The largest absolute Gasteiger partial charge is 0.363 e. The van der Waals surface area contributed by atoms with Crippen molar-refractivity contribution in [2.24, 2.45) is 28.9 Å². The summed E-state index contributed by atoms with van der Waals surface area (Å²) in [6.07, 6.45) is 2.10. The van der Waals surface area contributed by atoms with Gasteiger partial charge in [0.2, 0.25) is 17.6 Å². The van der Waals surface area contributed by atoms with Crippen LogP contribution in [0.25, 0.3) is 0 Å². The van der Waals surface area contributed by atoms with Gasteiger partial charge < -0.3 is 26.6 Å². The van der Waals surface area contributed by atoms with E-state index in [1.165, 1.54) is 4.90 Å². The summed E-state index contributed by atoms with van der Waals surface area (Å²) in [6.45, 7) is 11.0. The predicted octanol–water partition coefficient (Wildman–Crippen LogP) is 1.47. The molecule has 0 radical (unpaired) electrons. The van der Waals surface area contributed by atoms with Gasteiger partial charge in [-0.1, -0.05) is 33.6 Å². The zero-order valence-corrected chi connectivity index (χ0v) is 23.1. The molecular formula is C24H37Cl2N5O5. The zero-order chi connectivity index (χ0) is 27.4. The van der Waals surface area contributed by atoms with Gasteiger partial charge in [0.15, 0.2) is 0 Å². The summed E-state index contributed by atoms with van der Waals surface area (Å²) in [5.74, 6) is -3.74. The second-order valence-corrected chi connectivity index (χ2v) is 13.8. The van der Waals surface area contributed by atoms with Crippen LogP contribution in [0.15, 0.2) is 0 Å². The normalized spacial score (nSPS) is 26.3. The number of hydrogen-bond acceptors (Lipinski definition) is 5. The van der Waals surface area contributed by atoms with Gasteiger partial charge in [-0.3, -0.25) is 19.2 Å². The van der Waals surface area contributed by atoms with E-state index in [2.05, 4.69) is 16.0 Å². The quantitative estimate of drug-likeness (QED) is 0.269. The Bertz CT molecular complexity index is 954. The van der Waals surface area contributed by atoms with E-state index < -0.39 is 68.9 Å². The number of hydrogen-bond donors (Lipinski definition) is 4. The fourth-order valence-corrected chi connectivity index (χ4v) is 5.63. The van der Waals surface area contributed by atoms with Crippen molar-refractivity contribution in [1.82, 2.24) is 20.9 Å². The van der Waals surface area contributed by atoms with Crippen molar-refractivity contribution in [2.45, 2.75) is 88.8 Å². The van der Waals surface area contributed by atoms with Crippen LogP contribution in [-0.2, 0) is 19.2 Å². The molecule has 0 aromatic carbocycles. The van der Waals surface area contributed by atoms with Crippen LogP contribution in [0.3, 0.4) is 0 Å². The standard InChI is InChI=1S/C24H37Cl2N5O5/c1-22(2,3)17(29-21(36)30-23(4,5)6)20(35)31-10-12-14(24(12,25)26)15(31)19(34)28-13(9-11-7-8-11)16(32)18(27)33/h11-15,17H,7-10H2,1-6H3,(H2,27,33)(H,28,34)(H2,29,30,36)/t12?,13?,14-,15-,17+/m0/s1. The van der Waals surface area contributed by atoms with Gasteiger partial charge >= 0.3 is 6.03 Å². The number of primary amides is 1. The second-order valence-electron chi connectivity index (χ2n) is 12.4. The average molecular weight is 546 g/mol. The Kier molecular flexibility index (Phi) is 7.65. The third-order valence-electron chi connectivity index (χ3n) is 6.90. The number of halogens is 2. The molecule has 1 heterocycles. The maximum absolute atomic E-state index is 13.8. The third kappa shape index (κ3) is 6.25. The molecular weight excluding hydrogens is 509 g/mol. The highest BCUT2D eigenvalue weighted by molar-refractivity contribution is 6.51. The van der Waals surface area contributed by atoms with Crippen LogP contribution in [0.5, 0.6) is 0 Å². The molecule has 0 bridgehead atoms. The van der Waals surface area contributed by atoms with E-state index in [-0.39, 0.29) is 18.4 Å². The minimum Gasteiger partial charge on any atom is -0.363 e. The molecule has 0 aromatic heterocycles. The number of alkyl halides is 2. The van der Waals surface area contributed by atoms with Crippen LogP contribution in [0.2, 0.25) is 0 Å². The number of nitrogens with two attached hydrogens (primary N) is 1. The highest BCUT2D eigenvalue weighted by Gasteiger charge is 2.74. The Morgan fingerprint density at radius 2 is 1.61 bits per heavy atom. The van der Waals surface area contributed by atoms with Crippen LogP contribution in [0.4, 0.5) is 4.79 Å². The Hall–Kier alpha value is -2.07. The first-order valence-electron chi connectivity index (χ1n) is 12.3. The monoisotopic (exact) mass is 545 g/mol. The van der Waals surface area contributed by atoms with Gasteiger partial charge in [-0.2, -0.15) is 0 Å². The molecule has 202 valence electrons. The number of amides is 5. The second kappa shape index (κ2) is 9.67. The summed E-state index contributed by atoms with van der Waals surface area (Å²) >= 11 is 12.8. The average Bonchev–Trinajstić information content (AvgIpc) is 3.55. The molecule has 3 aliphatic rings. The van der Waals surface area contributed by atoms with Crippen LogP contribution >= 0.6 is 23.2 Å². The number of piperidine rings is 1. The number of urea groups is 1. The van der Waals surface area contributed by atoms with Crippen LogP contribution < -0.4 is 21.7 Å². The van der Waals surface area contributed by atoms with Crippen molar-refractivity contribution in [1.29, 1.82) is 0 Å². The summed E-state index contributed by atoms with van der Waals surface area (Å²) in [5, 5.41) is 8.18. The molecule has 0 spiro atoms. The highest BCUT2D eigenvalue weighted by atomic mass is 35.5. The van der Waals surface area contributed by atoms with Crippen molar-refractivity contribution < 1.29 is 24.0 Å². The van der Waals surface area contributed by atoms with E-state index in [0.29, 0.717) is 6.42 Å². The lowest BCUT2D eigenvalue weighted by atomic mass is 9.85. The number of Topliss-reactive ketones (excluding diaryl/α,β-unsaturated/α-hetero) is 1. The molecule has 5 N–H and O–H groups in total. The van der Waals surface area contributed by atoms with Gasteiger partial charge in [-0.05, 0) is 38.5 Å². The molecule has 36 heavy (non-hydrogen) atoms. The Labute approximate surface area is 221 Å². The number of nitrogens with one attached hydrogen (secondary N) is 3. The number of ketones is 1. The first kappa shape index (κ1) is 28.5. The van der Waals surface area contributed by atoms with Crippen molar-refractivity contribution in [3.8, 4) is 0 Å². The topological polar surface area (TPSA) is 151 Å². The lowest BCUT2D eigenvalue weighted by Gasteiger charge is -2.38. The minimum absolute atomic E-state index is 0.126. The number of likely N-dealkylation sites (tertiary alicyclic amines) is 1. The Morgan fingerprint density at radius 3 is 2.08 bits per heavy atom. The minimum atomic E-state index is -1.19. The number of fused-ring (bicyclic) bond motifs is 1. The summed E-state index contributed by atoms with van der Waals surface area (Å²) < 4.78 is -1.19. The van der Waals surface area contributed by atoms with Crippen molar-refractivity contribution in [3.63, 3.8) is 0 Å². The van der Waals surface area contributed by atoms with Gasteiger partial charge in [0.25, 0.3) is 5.91 Å². The maximum Gasteiger partial charge on any atom is 0.315 e. The van der Waals surface area contributed by atoms with E-state index in [0.717, 1.165) is 12.8 Å². The first-order valence-corrected chi connectivity index (χ1v) is 13.0. The van der Waals surface area contributed by atoms with Crippen molar-refractivity contribution in [3.05, 3.63) is 0 Å². The van der Waals surface area contributed by atoms with E-state index in [9.17, 15) is 24.0 Å². The van der Waals surface area contributed by atoms with Crippen LogP contribution in [0.1, 0.15) is 60.8 Å². The number of rotatable bonds is 8. The molecule has 3 rings (SSSR count). The predicted molar refractivity (Wildman–Crippen MR) is 135 cm³/mol. The summed E-state index contributed by atoms with van der Waals surface area (Å²) in [6, 6.07) is -3.60. The third-order valence-corrected chi connectivity index (χ3v) is 7.97. The Balaban J connectivity index is 1.83. The fourth-order valence-electron chi connectivity index (χ4n) is 4.80. The molecule has 2 saturated carbocycles. The fraction of sp³-hybridized carbons (Fsp3) is 0.792. The molecule has 0 aromatic rings. The zero-order valence-electron chi connectivity index (χ0n) is 21.6. The van der Waals surface area contributed by atoms with Gasteiger partial charge in [0.05, 0.1) is 6.04 Å². The van der Waals surface area contributed by atoms with E-state index in [1.54, 1.807) is 0 Å². The van der Waals surface area contributed by atoms with E-state index in [4.69, 9.17) is 28.9 Å². The Morgan fingerprint density at radius 1 is 1.03 bits per heavy atom. The SMILES string of the molecule is CC(C)(C)NC(=O)N[C@H](C(=O)N1CC2[C@@H]([C@H]1C(=O)NC(CC1CC1)C(=O)C(N)=O)C2(Cl)Cl)C(C)(C)C. The number of carbonyl (C=O) groups excluding carboxylic acids is 5. The number of nitrogens with zero attached hydrogens (tertiary/aromatic N) is 1. The first-order chi connectivity index (χ1) is 16.3. The molecule has 5 atom stereocenters. The lowest BCUT2D eigenvalue weighted by molar-refractivity contribution is -0.144. The summed E-state index contributed by atoms with van der Waals surface area (Å²) in [4.78, 5) is 65.2. The summed E-state index contributed by atoms with van der Waals surface area (Å²) in [5.41, 5.74) is 4.00. The van der Waals surface area contributed by atoms with E-state index in [1.807, 2.05) is 41.5 Å². The molecule has 3 fully saturated rings. The lowest BCUT2D eigenvalue weighted by Crippen LogP contribution is -2.62. The number of carbonyl (C=O) groups is 5. The van der Waals surface area contributed by atoms with Gasteiger partial charge in [0, 0.05) is 23.9 Å². The molecule has 2 unspecified atom stereocenters. The molecule has 2 aliphatic carbocycles. The van der Waals surface area contributed by atoms with Crippen LogP contribution in [-0.4, -0.2) is 69.0 Å².